The molecule has 0 bridgehead atoms. The standard InChI is InChI=1S/C15H11F3O3/c1-20-13-5-9(7-19)10(6-14(13)21-2)8-3-11(16)15(18)12(17)4-8/h3-7H,1-2H3. The fourth-order valence-corrected chi connectivity index (χ4v) is 1.95. The van der Waals surface area contributed by atoms with Gasteiger partial charge in [-0.3, -0.25) is 4.79 Å². The van der Waals surface area contributed by atoms with Gasteiger partial charge < -0.3 is 9.47 Å². The summed E-state index contributed by atoms with van der Waals surface area (Å²) in [6, 6.07) is 4.40. The van der Waals surface area contributed by atoms with Crippen LogP contribution in [0.4, 0.5) is 13.2 Å². The minimum absolute atomic E-state index is 0.0226. The molecule has 2 aromatic rings. The second-order valence-corrected chi connectivity index (χ2v) is 4.17. The molecule has 0 N–H and O–H groups in total. The van der Waals surface area contributed by atoms with Gasteiger partial charge in [0.1, 0.15) is 0 Å². The van der Waals surface area contributed by atoms with E-state index >= 15 is 0 Å². The summed E-state index contributed by atoms with van der Waals surface area (Å²) in [4.78, 5) is 11.1. The van der Waals surface area contributed by atoms with Gasteiger partial charge in [-0.1, -0.05) is 0 Å². The number of rotatable bonds is 4. The van der Waals surface area contributed by atoms with Gasteiger partial charge in [-0.05, 0) is 35.4 Å². The summed E-state index contributed by atoms with van der Waals surface area (Å²) >= 11 is 0. The maximum Gasteiger partial charge on any atom is 0.194 e. The van der Waals surface area contributed by atoms with Gasteiger partial charge in [0.15, 0.2) is 35.2 Å². The first-order chi connectivity index (χ1) is 10.0. The van der Waals surface area contributed by atoms with Crippen molar-refractivity contribution in [1.29, 1.82) is 0 Å². The average molecular weight is 296 g/mol. The Hall–Kier alpha value is -2.50. The zero-order valence-corrected chi connectivity index (χ0v) is 11.2. The molecule has 0 fully saturated rings. The van der Waals surface area contributed by atoms with E-state index in [4.69, 9.17) is 9.47 Å². The van der Waals surface area contributed by atoms with Gasteiger partial charge in [0.05, 0.1) is 14.2 Å². The summed E-state index contributed by atoms with van der Waals surface area (Å²) in [7, 11) is 2.78. The van der Waals surface area contributed by atoms with Crippen LogP contribution in [-0.4, -0.2) is 20.5 Å². The molecule has 21 heavy (non-hydrogen) atoms. The van der Waals surface area contributed by atoms with Crippen LogP contribution in [0.15, 0.2) is 24.3 Å². The van der Waals surface area contributed by atoms with Crippen molar-refractivity contribution in [3.8, 4) is 22.6 Å². The molecule has 0 saturated heterocycles. The average Bonchev–Trinajstić information content (AvgIpc) is 2.50. The third kappa shape index (κ3) is 2.69. The van der Waals surface area contributed by atoms with Crippen molar-refractivity contribution in [2.45, 2.75) is 0 Å². The Balaban J connectivity index is 2.70. The van der Waals surface area contributed by atoms with E-state index in [0.717, 1.165) is 12.1 Å². The van der Waals surface area contributed by atoms with Crippen molar-refractivity contribution < 1.29 is 27.4 Å². The van der Waals surface area contributed by atoms with Crippen molar-refractivity contribution in [3.63, 3.8) is 0 Å². The molecule has 0 amide bonds. The molecule has 2 rings (SSSR count). The number of methoxy groups -OCH3 is 2. The Morgan fingerprint density at radius 2 is 1.43 bits per heavy atom. The van der Waals surface area contributed by atoms with E-state index in [9.17, 15) is 18.0 Å². The quantitative estimate of drug-likeness (QED) is 0.639. The molecule has 0 aliphatic carbocycles. The Morgan fingerprint density at radius 1 is 0.905 bits per heavy atom. The molecule has 0 atom stereocenters. The van der Waals surface area contributed by atoms with Gasteiger partial charge in [0.25, 0.3) is 0 Å². The maximum atomic E-state index is 13.3. The normalized spacial score (nSPS) is 10.3. The molecular formula is C15H11F3O3. The lowest BCUT2D eigenvalue weighted by atomic mass is 9.99. The van der Waals surface area contributed by atoms with Crippen LogP contribution in [0.25, 0.3) is 11.1 Å². The van der Waals surface area contributed by atoms with E-state index in [1.165, 1.54) is 26.4 Å². The highest BCUT2D eigenvalue weighted by atomic mass is 19.2. The number of ether oxygens (including phenoxy) is 2. The summed E-state index contributed by atoms with van der Waals surface area (Å²) in [6.07, 6.45) is 0.510. The van der Waals surface area contributed by atoms with E-state index in [-0.39, 0.29) is 22.4 Å². The predicted octanol–water partition coefficient (Wildman–Crippen LogP) is 3.60. The molecule has 0 aliphatic rings. The summed E-state index contributed by atoms with van der Waals surface area (Å²) < 4.78 is 49.8. The predicted molar refractivity (Wildman–Crippen MR) is 70.2 cm³/mol. The lowest BCUT2D eigenvalue weighted by molar-refractivity contribution is 0.112. The third-order valence-corrected chi connectivity index (χ3v) is 2.98. The molecule has 3 nitrogen and oxygen atoms in total. The first-order valence-electron chi connectivity index (χ1n) is 5.88. The van der Waals surface area contributed by atoms with E-state index < -0.39 is 17.5 Å². The van der Waals surface area contributed by atoms with E-state index in [2.05, 4.69) is 0 Å². The van der Waals surface area contributed by atoms with Crippen molar-refractivity contribution >= 4 is 6.29 Å². The maximum absolute atomic E-state index is 13.3. The highest BCUT2D eigenvalue weighted by Crippen LogP contribution is 2.35. The molecule has 110 valence electrons. The molecule has 0 unspecified atom stereocenters. The van der Waals surface area contributed by atoms with E-state index in [1.807, 2.05) is 0 Å². The first-order valence-corrected chi connectivity index (χ1v) is 5.88. The Bertz CT molecular complexity index is 676. The van der Waals surface area contributed by atoms with Crippen molar-refractivity contribution in [1.82, 2.24) is 0 Å². The highest BCUT2D eigenvalue weighted by molar-refractivity contribution is 5.89. The van der Waals surface area contributed by atoms with Crippen LogP contribution in [0.5, 0.6) is 11.5 Å². The SMILES string of the molecule is COc1cc(C=O)c(-c2cc(F)c(F)c(F)c2)cc1OC. The Kier molecular flexibility index (Phi) is 4.16. The second-order valence-electron chi connectivity index (χ2n) is 4.17. The monoisotopic (exact) mass is 296 g/mol. The largest absolute Gasteiger partial charge is 0.493 e. The molecule has 0 spiro atoms. The van der Waals surface area contributed by atoms with E-state index in [1.54, 1.807) is 0 Å². The zero-order chi connectivity index (χ0) is 15.6. The fraction of sp³-hybridized carbons (Fsp3) is 0.133. The summed E-state index contributed by atoms with van der Waals surface area (Å²) in [5.74, 6) is -3.66. The minimum Gasteiger partial charge on any atom is -0.493 e. The lowest BCUT2D eigenvalue weighted by Crippen LogP contribution is -1.97. The zero-order valence-electron chi connectivity index (χ0n) is 11.2. The Labute approximate surface area is 118 Å². The number of benzene rings is 2. The van der Waals surface area contributed by atoms with Crippen LogP contribution in [-0.2, 0) is 0 Å². The number of carbonyl (C=O) groups is 1. The van der Waals surface area contributed by atoms with Crippen molar-refractivity contribution in [2.24, 2.45) is 0 Å². The molecule has 0 saturated carbocycles. The van der Waals surface area contributed by atoms with Crippen molar-refractivity contribution in [3.05, 3.63) is 47.3 Å². The van der Waals surface area contributed by atoms with E-state index in [0.29, 0.717) is 12.0 Å². The first kappa shape index (κ1) is 14.9. The third-order valence-electron chi connectivity index (χ3n) is 2.98. The van der Waals surface area contributed by atoms with Crippen LogP contribution < -0.4 is 9.47 Å². The molecule has 6 heteroatoms. The minimum atomic E-state index is -1.56. The van der Waals surface area contributed by atoms with Gasteiger partial charge in [0, 0.05) is 5.56 Å². The number of hydrogen-bond donors (Lipinski definition) is 0. The molecule has 2 aromatic carbocycles. The lowest BCUT2D eigenvalue weighted by Gasteiger charge is -2.12. The fourth-order valence-electron chi connectivity index (χ4n) is 1.95. The smallest absolute Gasteiger partial charge is 0.194 e. The van der Waals surface area contributed by atoms with Crippen LogP contribution in [0, 0.1) is 17.5 Å². The number of hydrogen-bond acceptors (Lipinski definition) is 3. The molecule has 0 radical (unpaired) electrons. The van der Waals surface area contributed by atoms with Crippen LogP contribution in [0.2, 0.25) is 0 Å². The van der Waals surface area contributed by atoms with Gasteiger partial charge >= 0.3 is 0 Å². The van der Waals surface area contributed by atoms with Gasteiger partial charge in [-0.2, -0.15) is 0 Å². The van der Waals surface area contributed by atoms with Crippen molar-refractivity contribution in [2.75, 3.05) is 14.2 Å². The number of aldehydes is 1. The summed E-state index contributed by atoms with van der Waals surface area (Å²) in [5.41, 5.74) is 0.368. The van der Waals surface area contributed by atoms with Crippen LogP contribution in [0.1, 0.15) is 10.4 Å². The molecule has 0 heterocycles. The number of halogens is 3. The topological polar surface area (TPSA) is 35.5 Å². The second kappa shape index (κ2) is 5.87. The Morgan fingerprint density at radius 3 is 1.90 bits per heavy atom. The van der Waals surface area contributed by atoms with Gasteiger partial charge in [-0.25, -0.2) is 13.2 Å². The summed E-state index contributed by atoms with van der Waals surface area (Å²) in [6.45, 7) is 0. The molecular weight excluding hydrogens is 285 g/mol. The summed E-state index contributed by atoms with van der Waals surface area (Å²) in [5, 5.41) is 0. The van der Waals surface area contributed by atoms with Gasteiger partial charge in [-0.15, -0.1) is 0 Å². The van der Waals surface area contributed by atoms with Crippen LogP contribution in [0.3, 0.4) is 0 Å². The van der Waals surface area contributed by atoms with Gasteiger partial charge in [0.2, 0.25) is 0 Å². The molecule has 0 aromatic heterocycles. The molecule has 0 aliphatic heterocycles. The number of carbonyl (C=O) groups excluding carboxylic acids is 1. The van der Waals surface area contributed by atoms with Crippen LogP contribution >= 0.6 is 0 Å². The highest BCUT2D eigenvalue weighted by Gasteiger charge is 2.16.